The van der Waals surface area contributed by atoms with Crippen molar-refractivity contribution in [2.45, 2.75) is 6.54 Å². The van der Waals surface area contributed by atoms with E-state index in [-0.39, 0.29) is 11.7 Å². The standard InChI is InChI=1S/C25H26FN3O3S/c1-31-22-9-3-18(15-23(22)32-2)4-10-25(30)29-13-11-28(12-14-29)16-24-27-21(17-33-24)19-5-7-20(26)8-6-19/h3-10,15,17H,11-14,16H2,1-2H3/b10-4+. The number of nitrogens with zero attached hydrogens (tertiary/aromatic N) is 3. The summed E-state index contributed by atoms with van der Waals surface area (Å²) in [7, 11) is 3.18. The van der Waals surface area contributed by atoms with E-state index in [1.165, 1.54) is 12.1 Å². The van der Waals surface area contributed by atoms with E-state index < -0.39 is 0 Å². The highest BCUT2D eigenvalue weighted by molar-refractivity contribution is 7.09. The number of aromatic nitrogens is 1. The highest BCUT2D eigenvalue weighted by Crippen LogP contribution is 2.28. The summed E-state index contributed by atoms with van der Waals surface area (Å²) >= 11 is 1.60. The minimum atomic E-state index is -0.250. The largest absolute Gasteiger partial charge is 0.493 e. The molecule has 0 radical (unpaired) electrons. The molecule has 0 spiro atoms. The van der Waals surface area contributed by atoms with Crippen LogP contribution in [0.1, 0.15) is 10.6 Å². The molecule has 0 saturated carbocycles. The Labute approximate surface area is 196 Å². The van der Waals surface area contributed by atoms with Crippen LogP contribution in [0.2, 0.25) is 0 Å². The van der Waals surface area contributed by atoms with E-state index in [2.05, 4.69) is 4.90 Å². The van der Waals surface area contributed by atoms with Gasteiger partial charge >= 0.3 is 0 Å². The number of hydrogen-bond acceptors (Lipinski definition) is 6. The molecule has 1 saturated heterocycles. The monoisotopic (exact) mass is 467 g/mol. The number of piperazine rings is 1. The molecule has 0 unspecified atom stereocenters. The fourth-order valence-electron chi connectivity index (χ4n) is 3.68. The number of hydrogen-bond donors (Lipinski definition) is 0. The lowest BCUT2D eigenvalue weighted by atomic mass is 10.2. The minimum Gasteiger partial charge on any atom is -0.493 e. The van der Waals surface area contributed by atoms with Gasteiger partial charge in [0.1, 0.15) is 10.8 Å². The third-order valence-corrected chi connectivity index (χ3v) is 6.39. The van der Waals surface area contributed by atoms with Crippen LogP contribution in [0.4, 0.5) is 4.39 Å². The Kier molecular flexibility index (Phi) is 7.36. The Bertz CT molecular complexity index is 1120. The molecule has 2 aromatic carbocycles. The average molecular weight is 468 g/mol. The number of amides is 1. The SMILES string of the molecule is COc1ccc(/C=C/C(=O)N2CCN(Cc3nc(-c4ccc(F)cc4)cs3)CC2)cc1OC. The molecule has 4 rings (SSSR count). The predicted molar refractivity (Wildman–Crippen MR) is 128 cm³/mol. The van der Waals surface area contributed by atoms with Gasteiger partial charge in [0, 0.05) is 43.2 Å². The molecule has 1 amide bonds. The maximum Gasteiger partial charge on any atom is 0.246 e. The number of halogens is 1. The van der Waals surface area contributed by atoms with Crippen molar-refractivity contribution in [2.75, 3.05) is 40.4 Å². The second-order valence-corrected chi connectivity index (χ2v) is 8.63. The van der Waals surface area contributed by atoms with Crippen molar-refractivity contribution in [3.05, 3.63) is 70.3 Å². The molecule has 0 aliphatic carbocycles. The van der Waals surface area contributed by atoms with Crippen LogP contribution in [-0.4, -0.2) is 61.1 Å². The van der Waals surface area contributed by atoms with E-state index in [4.69, 9.17) is 14.5 Å². The highest BCUT2D eigenvalue weighted by Gasteiger charge is 2.20. The van der Waals surface area contributed by atoms with Gasteiger partial charge in [-0.05, 0) is 48.0 Å². The van der Waals surface area contributed by atoms with Crippen molar-refractivity contribution in [1.82, 2.24) is 14.8 Å². The molecule has 1 aromatic heterocycles. The van der Waals surface area contributed by atoms with Crippen LogP contribution in [0.25, 0.3) is 17.3 Å². The lowest BCUT2D eigenvalue weighted by Gasteiger charge is -2.33. The first-order chi connectivity index (χ1) is 16.1. The first-order valence-corrected chi connectivity index (χ1v) is 11.6. The van der Waals surface area contributed by atoms with Gasteiger partial charge in [0.15, 0.2) is 11.5 Å². The number of carbonyl (C=O) groups is 1. The number of ether oxygens (including phenoxy) is 2. The molecule has 0 N–H and O–H groups in total. The van der Waals surface area contributed by atoms with Crippen molar-refractivity contribution >= 4 is 23.3 Å². The fraction of sp³-hybridized carbons (Fsp3) is 0.280. The highest BCUT2D eigenvalue weighted by atomic mass is 32.1. The third kappa shape index (κ3) is 5.77. The zero-order valence-corrected chi connectivity index (χ0v) is 19.5. The summed E-state index contributed by atoms with van der Waals surface area (Å²) < 4.78 is 23.7. The minimum absolute atomic E-state index is 0.00252. The molecule has 2 heterocycles. The van der Waals surface area contributed by atoms with Gasteiger partial charge in [0.05, 0.1) is 26.5 Å². The van der Waals surface area contributed by atoms with Gasteiger partial charge in [-0.2, -0.15) is 0 Å². The lowest BCUT2D eigenvalue weighted by molar-refractivity contribution is -0.127. The Hall–Kier alpha value is -3.23. The number of rotatable bonds is 7. The van der Waals surface area contributed by atoms with Gasteiger partial charge in [0.25, 0.3) is 0 Å². The maximum absolute atomic E-state index is 13.1. The number of methoxy groups -OCH3 is 2. The van der Waals surface area contributed by atoms with Gasteiger partial charge in [0.2, 0.25) is 5.91 Å². The maximum atomic E-state index is 13.1. The van der Waals surface area contributed by atoms with Crippen LogP contribution in [0.15, 0.2) is 53.9 Å². The molecular weight excluding hydrogens is 441 g/mol. The first-order valence-electron chi connectivity index (χ1n) is 10.7. The topological polar surface area (TPSA) is 54.9 Å². The van der Waals surface area contributed by atoms with Crippen LogP contribution in [0.3, 0.4) is 0 Å². The average Bonchev–Trinajstić information content (AvgIpc) is 3.31. The van der Waals surface area contributed by atoms with E-state index in [1.54, 1.807) is 49.8 Å². The summed E-state index contributed by atoms with van der Waals surface area (Å²) in [4.78, 5) is 21.5. The van der Waals surface area contributed by atoms with Crippen molar-refractivity contribution < 1.29 is 18.7 Å². The first kappa shape index (κ1) is 22.9. The Morgan fingerprint density at radius 3 is 2.48 bits per heavy atom. The molecule has 1 aliphatic rings. The van der Waals surface area contributed by atoms with Gasteiger partial charge in [-0.25, -0.2) is 9.37 Å². The Morgan fingerprint density at radius 2 is 1.79 bits per heavy atom. The molecule has 1 fully saturated rings. The van der Waals surface area contributed by atoms with E-state index >= 15 is 0 Å². The van der Waals surface area contributed by atoms with Gasteiger partial charge < -0.3 is 14.4 Å². The summed E-state index contributed by atoms with van der Waals surface area (Å²) in [6.07, 6.45) is 3.40. The number of carbonyl (C=O) groups excluding carboxylic acids is 1. The van der Waals surface area contributed by atoms with Crippen LogP contribution in [0.5, 0.6) is 11.5 Å². The van der Waals surface area contributed by atoms with Gasteiger partial charge in [-0.3, -0.25) is 9.69 Å². The molecule has 172 valence electrons. The molecule has 33 heavy (non-hydrogen) atoms. The van der Waals surface area contributed by atoms with Crippen LogP contribution < -0.4 is 9.47 Å². The summed E-state index contributed by atoms with van der Waals surface area (Å²) in [6.45, 7) is 3.68. The smallest absolute Gasteiger partial charge is 0.246 e. The van der Waals surface area contributed by atoms with Crippen molar-refractivity contribution in [3.8, 4) is 22.8 Å². The van der Waals surface area contributed by atoms with Crippen molar-refractivity contribution in [3.63, 3.8) is 0 Å². The quantitative estimate of drug-likeness (QED) is 0.485. The van der Waals surface area contributed by atoms with E-state index in [0.29, 0.717) is 24.6 Å². The lowest BCUT2D eigenvalue weighted by Crippen LogP contribution is -2.47. The second-order valence-electron chi connectivity index (χ2n) is 7.68. The van der Waals surface area contributed by atoms with Crippen LogP contribution in [0, 0.1) is 5.82 Å². The molecule has 6 nitrogen and oxygen atoms in total. The number of thiazole rings is 1. The molecule has 1 aliphatic heterocycles. The molecule has 8 heteroatoms. The van der Waals surface area contributed by atoms with Crippen LogP contribution in [-0.2, 0) is 11.3 Å². The normalized spacial score (nSPS) is 14.6. The third-order valence-electron chi connectivity index (χ3n) is 5.56. The fourth-order valence-corrected chi connectivity index (χ4v) is 4.53. The second kappa shape index (κ2) is 10.6. The van der Waals surface area contributed by atoms with E-state index in [1.807, 2.05) is 28.5 Å². The van der Waals surface area contributed by atoms with E-state index in [9.17, 15) is 9.18 Å². The predicted octanol–water partition coefficient (Wildman–Crippen LogP) is 4.32. The summed E-state index contributed by atoms with van der Waals surface area (Å²) in [5.74, 6) is 1.03. The van der Waals surface area contributed by atoms with E-state index in [0.717, 1.165) is 41.5 Å². The molecule has 0 bridgehead atoms. The zero-order chi connectivity index (χ0) is 23.2. The summed E-state index contributed by atoms with van der Waals surface area (Å²) in [5.41, 5.74) is 2.65. The molecule has 0 atom stereocenters. The zero-order valence-electron chi connectivity index (χ0n) is 18.7. The molecule has 3 aromatic rings. The number of benzene rings is 2. The van der Waals surface area contributed by atoms with Crippen LogP contribution >= 0.6 is 11.3 Å². The van der Waals surface area contributed by atoms with Crippen molar-refractivity contribution in [1.29, 1.82) is 0 Å². The van der Waals surface area contributed by atoms with Gasteiger partial charge in [-0.1, -0.05) is 6.07 Å². The van der Waals surface area contributed by atoms with Crippen molar-refractivity contribution in [2.24, 2.45) is 0 Å². The Balaban J connectivity index is 1.28. The summed E-state index contributed by atoms with van der Waals surface area (Å²) in [6, 6.07) is 11.9. The van der Waals surface area contributed by atoms with Gasteiger partial charge in [-0.15, -0.1) is 11.3 Å². The summed E-state index contributed by atoms with van der Waals surface area (Å²) in [5, 5.41) is 3.02. The molecular formula is C25H26FN3O3S. The Morgan fingerprint density at radius 1 is 1.06 bits per heavy atom.